The lowest BCUT2D eigenvalue weighted by molar-refractivity contribution is -0.386. The highest BCUT2D eigenvalue weighted by Crippen LogP contribution is 2.42. The van der Waals surface area contributed by atoms with Crippen LogP contribution in [0, 0.1) is 28.4 Å². The molecule has 0 unspecified atom stereocenters. The Hall–Kier alpha value is -1.87. The first kappa shape index (κ1) is 16.2. The molecule has 0 saturated carbocycles. The second-order valence-electron chi connectivity index (χ2n) is 5.90. The van der Waals surface area contributed by atoms with Gasteiger partial charge in [0.15, 0.2) is 0 Å². The molecular weight excluding hydrogens is 272 g/mol. The molecule has 1 aromatic carbocycles. The van der Waals surface area contributed by atoms with Crippen LogP contribution in [0.4, 0.5) is 5.69 Å². The van der Waals surface area contributed by atoms with Crippen LogP contribution in [0.1, 0.15) is 37.5 Å². The summed E-state index contributed by atoms with van der Waals surface area (Å²) in [5.74, 6) is 0.463. The van der Waals surface area contributed by atoms with E-state index in [1.807, 2.05) is 39.9 Å². The summed E-state index contributed by atoms with van der Waals surface area (Å²) in [5.41, 5.74) is 0.812. The van der Waals surface area contributed by atoms with Gasteiger partial charge >= 0.3 is 0 Å². The number of rotatable bonds is 3. The van der Waals surface area contributed by atoms with Gasteiger partial charge in [-0.2, -0.15) is 5.26 Å². The topological polar surface area (TPSA) is 76.2 Å². The van der Waals surface area contributed by atoms with E-state index in [0.717, 1.165) is 0 Å². The zero-order valence-electron chi connectivity index (χ0n) is 12.7. The van der Waals surface area contributed by atoms with Gasteiger partial charge in [-0.05, 0) is 31.5 Å². The van der Waals surface area contributed by atoms with Gasteiger partial charge in [-0.15, -0.1) is 0 Å². The van der Waals surface area contributed by atoms with Gasteiger partial charge in [0.1, 0.15) is 5.75 Å². The van der Waals surface area contributed by atoms with E-state index in [-0.39, 0.29) is 5.69 Å². The molecule has 0 aliphatic rings. The summed E-state index contributed by atoms with van der Waals surface area (Å²) >= 11 is 0. The van der Waals surface area contributed by atoms with Crippen LogP contribution < -0.4 is 4.43 Å². The Bertz CT molecular complexity index is 584. The van der Waals surface area contributed by atoms with Crippen molar-refractivity contribution < 1.29 is 9.35 Å². The van der Waals surface area contributed by atoms with Gasteiger partial charge in [-0.25, -0.2) is 0 Å². The summed E-state index contributed by atoms with van der Waals surface area (Å²) in [7, 11) is -1.08. The number of benzene rings is 1. The molecule has 0 aromatic heterocycles. The largest absolute Gasteiger partial charge is 0.542 e. The number of hydrogen-bond acceptors (Lipinski definition) is 4. The molecule has 5 nitrogen and oxygen atoms in total. The molecule has 0 N–H and O–H groups in total. The van der Waals surface area contributed by atoms with Crippen LogP contribution >= 0.6 is 0 Å². The zero-order valence-corrected chi connectivity index (χ0v) is 13.7. The Morgan fingerprint density at radius 3 is 2.30 bits per heavy atom. The quantitative estimate of drug-likeness (QED) is 0.483. The summed E-state index contributed by atoms with van der Waals surface area (Å²) in [4.78, 5) is 11.0. The molecule has 1 rings (SSSR count). The summed E-state index contributed by atoms with van der Waals surface area (Å²) < 4.78 is 5.81. The van der Waals surface area contributed by atoms with Crippen molar-refractivity contribution in [2.45, 2.75) is 46.2 Å². The summed E-state index contributed by atoms with van der Waals surface area (Å²) in [6, 6.07) is 3.64. The lowest BCUT2D eigenvalue weighted by Crippen LogP contribution is -2.21. The fraction of sp³-hybridized carbons (Fsp3) is 0.500. The van der Waals surface area contributed by atoms with Gasteiger partial charge in [-0.1, -0.05) is 20.8 Å². The molecule has 1 radical (unpaired) electrons. The number of nitriles is 1. The predicted octanol–water partition coefficient (Wildman–Crippen LogP) is 3.70. The van der Waals surface area contributed by atoms with E-state index in [2.05, 4.69) is 0 Å². The average molecular weight is 291 g/mol. The van der Waals surface area contributed by atoms with Gasteiger partial charge in [0, 0.05) is 5.56 Å². The van der Waals surface area contributed by atoms with Crippen LogP contribution in [0.3, 0.4) is 0 Å². The van der Waals surface area contributed by atoms with Crippen LogP contribution in [-0.4, -0.2) is 14.0 Å². The highest BCUT2D eigenvalue weighted by atomic mass is 28.3. The molecule has 107 valence electrons. The van der Waals surface area contributed by atoms with Crippen molar-refractivity contribution in [1.29, 1.82) is 5.26 Å². The first-order valence-electron chi connectivity index (χ1n) is 6.30. The highest BCUT2D eigenvalue weighted by Gasteiger charge is 2.33. The zero-order chi connectivity index (χ0) is 15.7. The van der Waals surface area contributed by atoms with E-state index in [4.69, 9.17) is 9.69 Å². The van der Waals surface area contributed by atoms with Crippen LogP contribution in [-0.2, 0) is 5.41 Å². The molecular formula is C14H19N2O3Si. The minimum absolute atomic E-state index is 0.00481. The van der Waals surface area contributed by atoms with Crippen molar-refractivity contribution in [1.82, 2.24) is 0 Å². The van der Waals surface area contributed by atoms with Crippen molar-refractivity contribution in [2.75, 3.05) is 0 Å². The Labute approximate surface area is 121 Å². The van der Waals surface area contributed by atoms with E-state index >= 15 is 0 Å². The maximum absolute atomic E-state index is 11.4. The second-order valence-corrected chi connectivity index (χ2v) is 7.92. The lowest BCUT2D eigenvalue weighted by atomic mass is 9.83. The monoisotopic (exact) mass is 291 g/mol. The van der Waals surface area contributed by atoms with Crippen molar-refractivity contribution >= 4 is 14.7 Å². The molecule has 20 heavy (non-hydrogen) atoms. The molecule has 0 bridgehead atoms. The number of nitrogens with zero attached hydrogens (tertiary/aromatic N) is 2. The Morgan fingerprint density at radius 1 is 1.40 bits per heavy atom. The second kappa shape index (κ2) is 5.63. The molecule has 0 amide bonds. The summed E-state index contributed by atoms with van der Waals surface area (Å²) in [6.07, 6.45) is 0. The van der Waals surface area contributed by atoms with Gasteiger partial charge in [0.2, 0.25) is 0 Å². The van der Waals surface area contributed by atoms with Crippen LogP contribution in [0.15, 0.2) is 6.07 Å². The third-order valence-corrected chi connectivity index (χ3v) is 3.51. The predicted molar refractivity (Wildman–Crippen MR) is 79.4 cm³/mol. The van der Waals surface area contributed by atoms with Crippen LogP contribution in [0.25, 0.3) is 0 Å². The van der Waals surface area contributed by atoms with Crippen molar-refractivity contribution in [3.63, 3.8) is 0 Å². The van der Waals surface area contributed by atoms with E-state index in [0.29, 0.717) is 22.4 Å². The summed E-state index contributed by atoms with van der Waals surface area (Å²) in [6.45, 7) is 11.2. The third-order valence-electron chi connectivity index (χ3n) is 2.88. The molecule has 0 fully saturated rings. The Morgan fingerprint density at radius 2 is 1.95 bits per heavy atom. The molecule has 0 heterocycles. The van der Waals surface area contributed by atoms with E-state index in [1.165, 1.54) is 0 Å². The fourth-order valence-electron chi connectivity index (χ4n) is 2.11. The number of hydrogen-bond donors (Lipinski definition) is 0. The summed E-state index contributed by atoms with van der Waals surface area (Å²) in [5, 5.41) is 20.6. The maximum Gasteiger partial charge on any atom is 0.280 e. The standard InChI is InChI=1S/C14H19N2O3Si/c1-9-10(8-15)7-11(19-20(5)6)12(14(2,3)4)13(9)16(17)18/h7H,1-6H3. The number of nitro groups is 1. The van der Waals surface area contributed by atoms with Gasteiger partial charge in [0.25, 0.3) is 14.7 Å². The van der Waals surface area contributed by atoms with E-state index < -0.39 is 19.4 Å². The molecule has 0 spiro atoms. The first-order chi connectivity index (χ1) is 9.09. The van der Waals surface area contributed by atoms with Crippen molar-refractivity contribution in [3.8, 4) is 11.8 Å². The molecule has 1 aromatic rings. The highest BCUT2D eigenvalue weighted by molar-refractivity contribution is 6.49. The van der Waals surface area contributed by atoms with E-state index in [9.17, 15) is 10.1 Å². The third kappa shape index (κ3) is 3.17. The minimum atomic E-state index is -1.08. The smallest absolute Gasteiger partial charge is 0.280 e. The lowest BCUT2D eigenvalue weighted by Gasteiger charge is -2.25. The van der Waals surface area contributed by atoms with Gasteiger partial charge in [-0.3, -0.25) is 10.1 Å². The minimum Gasteiger partial charge on any atom is -0.542 e. The normalized spacial score (nSPS) is 11.3. The first-order valence-corrected chi connectivity index (χ1v) is 8.71. The van der Waals surface area contributed by atoms with E-state index in [1.54, 1.807) is 13.0 Å². The van der Waals surface area contributed by atoms with Crippen LogP contribution in [0.2, 0.25) is 13.1 Å². The van der Waals surface area contributed by atoms with Gasteiger partial charge in [0.05, 0.1) is 22.1 Å². The maximum atomic E-state index is 11.4. The fourth-order valence-corrected chi connectivity index (χ4v) is 2.71. The average Bonchev–Trinajstić information content (AvgIpc) is 2.27. The van der Waals surface area contributed by atoms with Crippen molar-refractivity contribution in [2.24, 2.45) is 0 Å². The molecule has 0 aliphatic carbocycles. The molecule has 6 heteroatoms. The Balaban J connectivity index is 3.79. The van der Waals surface area contributed by atoms with Gasteiger partial charge < -0.3 is 4.43 Å². The number of nitro benzene ring substituents is 1. The Kier molecular flexibility index (Phi) is 4.56. The molecule has 0 saturated heterocycles. The molecule has 0 atom stereocenters. The van der Waals surface area contributed by atoms with Crippen molar-refractivity contribution in [3.05, 3.63) is 32.9 Å². The van der Waals surface area contributed by atoms with Crippen LogP contribution in [0.5, 0.6) is 5.75 Å². The SMILES string of the molecule is Cc1c(C#N)cc(O[Si](C)C)c(C(C)(C)C)c1[N+](=O)[O-]. The molecule has 0 aliphatic heterocycles.